The number of aromatic nitrogens is 3. The summed E-state index contributed by atoms with van der Waals surface area (Å²) in [6.45, 7) is 11.1. The molecule has 0 aliphatic carbocycles. The normalized spacial score (nSPS) is 10.7. The number of carbonyl (C=O) groups is 1. The Morgan fingerprint density at radius 1 is 1.19 bits per heavy atom. The van der Waals surface area contributed by atoms with E-state index in [1.807, 2.05) is 48.0 Å². The maximum atomic E-state index is 13.2. The fraction of sp³-hybridized carbons (Fsp3) is 0.190. The van der Waals surface area contributed by atoms with Crippen LogP contribution in [0.1, 0.15) is 17.3 Å². The third-order valence-corrected chi connectivity index (χ3v) is 4.19. The number of fused-ring (bicyclic) bond motifs is 1. The van der Waals surface area contributed by atoms with Crippen molar-refractivity contribution in [3.8, 4) is 11.3 Å². The van der Waals surface area contributed by atoms with Crippen molar-refractivity contribution in [1.82, 2.24) is 19.7 Å². The lowest BCUT2D eigenvalue weighted by molar-refractivity contribution is 0.0793. The van der Waals surface area contributed by atoms with Gasteiger partial charge in [-0.1, -0.05) is 42.5 Å². The molecule has 1 aromatic carbocycles. The van der Waals surface area contributed by atoms with Crippen molar-refractivity contribution in [3.05, 3.63) is 73.5 Å². The highest BCUT2D eigenvalue weighted by Crippen LogP contribution is 2.26. The van der Waals surface area contributed by atoms with Crippen LogP contribution in [0.4, 0.5) is 0 Å². The first kappa shape index (κ1) is 17.6. The highest BCUT2D eigenvalue weighted by atomic mass is 16.2. The molecule has 0 saturated carbocycles. The molecule has 0 aliphatic rings. The van der Waals surface area contributed by atoms with Gasteiger partial charge in [0.1, 0.15) is 0 Å². The Bertz CT molecular complexity index is 933. The van der Waals surface area contributed by atoms with Crippen LogP contribution in [0.25, 0.3) is 22.3 Å². The Labute approximate surface area is 153 Å². The molecule has 0 radical (unpaired) electrons. The van der Waals surface area contributed by atoms with Gasteiger partial charge in [0.25, 0.3) is 5.91 Å². The van der Waals surface area contributed by atoms with Gasteiger partial charge in [0.05, 0.1) is 22.8 Å². The smallest absolute Gasteiger partial charge is 0.255 e. The second-order valence-electron chi connectivity index (χ2n) is 5.91. The van der Waals surface area contributed by atoms with Crippen molar-refractivity contribution >= 4 is 16.9 Å². The van der Waals surface area contributed by atoms with Gasteiger partial charge < -0.3 is 4.90 Å². The van der Waals surface area contributed by atoms with Crippen LogP contribution < -0.4 is 0 Å². The maximum Gasteiger partial charge on any atom is 0.255 e. The van der Waals surface area contributed by atoms with E-state index in [4.69, 9.17) is 4.98 Å². The number of nitrogens with zero attached hydrogens (tertiary/aromatic N) is 4. The third kappa shape index (κ3) is 3.28. The predicted octanol–water partition coefficient (Wildman–Crippen LogP) is 3.93. The van der Waals surface area contributed by atoms with E-state index in [1.165, 1.54) is 0 Å². The summed E-state index contributed by atoms with van der Waals surface area (Å²) in [7, 11) is 0. The molecule has 0 N–H and O–H groups in total. The zero-order valence-electron chi connectivity index (χ0n) is 14.9. The summed E-state index contributed by atoms with van der Waals surface area (Å²) in [6.07, 6.45) is 5.15. The van der Waals surface area contributed by atoms with Crippen LogP contribution >= 0.6 is 0 Å². The molecule has 0 atom stereocenters. The van der Waals surface area contributed by atoms with E-state index < -0.39 is 0 Å². The number of benzene rings is 1. The number of amides is 1. The number of hydrogen-bond donors (Lipinski definition) is 0. The summed E-state index contributed by atoms with van der Waals surface area (Å²) in [5, 5.41) is 5.14. The molecule has 26 heavy (non-hydrogen) atoms. The predicted molar refractivity (Wildman–Crippen MR) is 105 cm³/mol. The second kappa shape index (κ2) is 7.78. The minimum Gasteiger partial charge on any atom is -0.331 e. The molecule has 0 aliphatic heterocycles. The maximum absolute atomic E-state index is 13.2. The zero-order valence-corrected chi connectivity index (χ0v) is 14.9. The van der Waals surface area contributed by atoms with Crippen LogP contribution in [0.2, 0.25) is 0 Å². The number of aryl methyl sites for hydroxylation is 1. The topological polar surface area (TPSA) is 51.0 Å². The number of hydrogen-bond acceptors (Lipinski definition) is 3. The molecule has 3 aromatic rings. The summed E-state index contributed by atoms with van der Waals surface area (Å²) in [4.78, 5) is 19.6. The summed E-state index contributed by atoms with van der Waals surface area (Å²) in [5.74, 6) is -0.0787. The molecular formula is C21H22N4O. The Balaban J connectivity index is 2.19. The van der Waals surface area contributed by atoms with Crippen molar-refractivity contribution in [2.75, 3.05) is 13.1 Å². The highest BCUT2D eigenvalue weighted by molar-refractivity contribution is 6.06. The molecule has 0 saturated heterocycles. The van der Waals surface area contributed by atoms with Crippen molar-refractivity contribution < 1.29 is 4.79 Å². The van der Waals surface area contributed by atoms with Crippen LogP contribution in [0, 0.1) is 0 Å². The first-order chi connectivity index (χ1) is 12.7. The van der Waals surface area contributed by atoms with Crippen molar-refractivity contribution in [1.29, 1.82) is 0 Å². The molecule has 5 nitrogen and oxygen atoms in total. The van der Waals surface area contributed by atoms with E-state index in [-0.39, 0.29) is 5.91 Å². The van der Waals surface area contributed by atoms with Gasteiger partial charge in [0.2, 0.25) is 0 Å². The standard InChI is InChI=1S/C21H22N4O/c1-4-12-24(13-5-2)21(26)17-14-19(16-10-8-7-9-11-16)23-20-18(17)15-22-25(20)6-3/h4-5,7-11,14-15H,1-2,6,12-13H2,3H3. The Hall–Kier alpha value is -3.21. The molecule has 0 spiro atoms. The molecule has 0 unspecified atom stereocenters. The minimum atomic E-state index is -0.0787. The number of pyridine rings is 1. The van der Waals surface area contributed by atoms with E-state index >= 15 is 0 Å². The average Bonchev–Trinajstić information content (AvgIpc) is 3.10. The van der Waals surface area contributed by atoms with Crippen molar-refractivity contribution in [2.24, 2.45) is 0 Å². The Kier molecular flexibility index (Phi) is 5.27. The third-order valence-electron chi connectivity index (χ3n) is 4.19. The molecule has 2 heterocycles. The van der Waals surface area contributed by atoms with Gasteiger partial charge >= 0.3 is 0 Å². The molecule has 2 aromatic heterocycles. The molecular weight excluding hydrogens is 324 g/mol. The van der Waals surface area contributed by atoms with Crippen LogP contribution in [0.5, 0.6) is 0 Å². The van der Waals surface area contributed by atoms with Gasteiger partial charge in [-0.05, 0) is 13.0 Å². The van der Waals surface area contributed by atoms with Crippen LogP contribution in [-0.2, 0) is 6.54 Å². The number of carbonyl (C=O) groups excluding carboxylic acids is 1. The van der Waals surface area contributed by atoms with Gasteiger partial charge in [0.15, 0.2) is 5.65 Å². The van der Waals surface area contributed by atoms with E-state index in [0.29, 0.717) is 30.8 Å². The summed E-state index contributed by atoms with van der Waals surface area (Å²) in [5.41, 5.74) is 3.03. The lowest BCUT2D eigenvalue weighted by atomic mass is 10.1. The second-order valence-corrected chi connectivity index (χ2v) is 5.91. The largest absolute Gasteiger partial charge is 0.331 e. The summed E-state index contributed by atoms with van der Waals surface area (Å²) in [6, 6.07) is 11.7. The molecule has 3 rings (SSSR count). The Morgan fingerprint density at radius 3 is 2.50 bits per heavy atom. The van der Waals surface area contributed by atoms with Gasteiger partial charge in [-0.25, -0.2) is 9.67 Å². The van der Waals surface area contributed by atoms with E-state index in [0.717, 1.165) is 16.6 Å². The molecule has 0 bridgehead atoms. The minimum absolute atomic E-state index is 0.0787. The zero-order chi connectivity index (χ0) is 18.5. The molecule has 132 valence electrons. The summed E-state index contributed by atoms with van der Waals surface area (Å²) < 4.78 is 1.81. The monoisotopic (exact) mass is 346 g/mol. The first-order valence-corrected chi connectivity index (χ1v) is 8.62. The van der Waals surface area contributed by atoms with Gasteiger partial charge in [-0.2, -0.15) is 5.10 Å². The van der Waals surface area contributed by atoms with E-state index in [9.17, 15) is 4.79 Å². The average molecular weight is 346 g/mol. The van der Waals surface area contributed by atoms with Gasteiger partial charge in [-0.15, -0.1) is 13.2 Å². The molecule has 0 fully saturated rings. The lowest BCUT2D eigenvalue weighted by Gasteiger charge is -2.20. The van der Waals surface area contributed by atoms with Crippen molar-refractivity contribution in [2.45, 2.75) is 13.5 Å². The highest BCUT2D eigenvalue weighted by Gasteiger charge is 2.20. The van der Waals surface area contributed by atoms with E-state index in [2.05, 4.69) is 18.3 Å². The quantitative estimate of drug-likeness (QED) is 0.609. The fourth-order valence-electron chi connectivity index (χ4n) is 2.94. The van der Waals surface area contributed by atoms with Crippen molar-refractivity contribution in [3.63, 3.8) is 0 Å². The van der Waals surface area contributed by atoms with Gasteiger partial charge in [-0.3, -0.25) is 4.79 Å². The molecule has 1 amide bonds. The molecule has 5 heteroatoms. The number of rotatable bonds is 7. The summed E-state index contributed by atoms with van der Waals surface area (Å²) >= 11 is 0. The van der Waals surface area contributed by atoms with Crippen LogP contribution in [0.3, 0.4) is 0 Å². The first-order valence-electron chi connectivity index (χ1n) is 8.62. The van der Waals surface area contributed by atoms with Crippen LogP contribution in [-0.4, -0.2) is 38.7 Å². The van der Waals surface area contributed by atoms with Crippen LogP contribution in [0.15, 0.2) is 67.9 Å². The van der Waals surface area contributed by atoms with E-state index in [1.54, 1.807) is 23.2 Å². The fourth-order valence-corrected chi connectivity index (χ4v) is 2.94. The van der Waals surface area contributed by atoms with Gasteiger partial charge in [0, 0.05) is 25.2 Å². The SMILES string of the molecule is C=CCN(CC=C)C(=O)c1cc(-c2ccccc2)nc2c1cnn2CC. The lowest BCUT2D eigenvalue weighted by Crippen LogP contribution is -2.31. The Morgan fingerprint density at radius 2 is 1.88 bits per heavy atom.